The number of hydrogen-bond donors (Lipinski definition) is 0. The summed E-state index contributed by atoms with van der Waals surface area (Å²) < 4.78 is 14.8. The zero-order chi connectivity index (χ0) is 15.1. The van der Waals surface area contributed by atoms with Crippen molar-refractivity contribution in [2.24, 2.45) is 0 Å². The van der Waals surface area contributed by atoms with Crippen molar-refractivity contribution in [3.63, 3.8) is 0 Å². The van der Waals surface area contributed by atoms with E-state index in [4.69, 9.17) is 0 Å². The van der Waals surface area contributed by atoms with Gasteiger partial charge in [-0.1, -0.05) is 17.4 Å². The molecule has 4 nitrogen and oxygen atoms in total. The monoisotopic (exact) mass is 329 g/mol. The van der Waals surface area contributed by atoms with Gasteiger partial charge in [0.2, 0.25) is 4.96 Å². The minimum absolute atomic E-state index is 0.186. The minimum atomic E-state index is -0.317. The van der Waals surface area contributed by atoms with Gasteiger partial charge in [-0.05, 0) is 41.8 Å². The fraction of sp³-hybridized carbons (Fsp3) is 0. The number of fused-ring (bicyclic) bond motifs is 1. The summed E-state index contributed by atoms with van der Waals surface area (Å²) in [6.07, 6.45) is 1.84. The average molecular weight is 329 g/mol. The van der Waals surface area contributed by atoms with Gasteiger partial charge in [-0.25, -0.2) is 4.39 Å². The summed E-state index contributed by atoms with van der Waals surface area (Å²) in [4.78, 5) is 18.2. The molecule has 3 heterocycles. The molecule has 0 aliphatic rings. The molecule has 0 atom stereocenters. The van der Waals surface area contributed by atoms with Gasteiger partial charge < -0.3 is 0 Å². The van der Waals surface area contributed by atoms with Crippen molar-refractivity contribution in [1.29, 1.82) is 0 Å². The summed E-state index contributed by atoms with van der Waals surface area (Å²) in [7, 11) is 0. The van der Waals surface area contributed by atoms with Crippen LogP contribution >= 0.6 is 22.7 Å². The predicted octanol–water partition coefficient (Wildman–Crippen LogP) is 2.57. The van der Waals surface area contributed by atoms with Crippen molar-refractivity contribution in [3.05, 3.63) is 67.4 Å². The summed E-state index contributed by atoms with van der Waals surface area (Å²) in [6.45, 7) is 0. The second-order valence-electron chi connectivity index (χ2n) is 4.57. The molecule has 3 aromatic heterocycles. The maximum absolute atomic E-state index is 12.9. The number of hydrogen-bond acceptors (Lipinski definition) is 5. The van der Waals surface area contributed by atoms with Crippen LogP contribution in [0.1, 0.15) is 4.88 Å². The van der Waals surface area contributed by atoms with E-state index in [-0.39, 0.29) is 11.4 Å². The Kier molecular flexibility index (Phi) is 3.09. The summed E-state index contributed by atoms with van der Waals surface area (Å²) in [5, 5.41) is 6.18. The van der Waals surface area contributed by atoms with Crippen molar-refractivity contribution in [1.82, 2.24) is 14.6 Å². The molecule has 22 heavy (non-hydrogen) atoms. The lowest BCUT2D eigenvalue weighted by atomic mass is 10.2. The van der Waals surface area contributed by atoms with Gasteiger partial charge >= 0.3 is 0 Å². The highest BCUT2D eigenvalue weighted by Crippen LogP contribution is 2.17. The molecule has 4 rings (SSSR count). The highest BCUT2D eigenvalue weighted by Gasteiger charge is 2.11. The number of halogens is 1. The van der Waals surface area contributed by atoms with Gasteiger partial charge in [-0.3, -0.25) is 4.79 Å². The van der Waals surface area contributed by atoms with E-state index in [2.05, 4.69) is 10.1 Å². The Morgan fingerprint density at radius 3 is 2.68 bits per heavy atom. The molecular formula is C15H8FN3OS2. The molecule has 0 saturated heterocycles. The van der Waals surface area contributed by atoms with Crippen LogP contribution in [-0.2, 0) is 0 Å². The van der Waals surface area contributed by atoms with Gasteiger partial charge in [0.15, 0.2) is 5.82 Å². The molecule has 0 aliphatic carbocycles. The first-order chi connectivity index (χ1) is 10.7. The zero-order valence-corrected chi connectivity index (χ0v) is 12.7. The third-order valence-corrected chi connectivity index (χ3v) is 4.88. The number of rotatable bonds is 2. The van der Waals surface area contributed by atoms with E-state index >= 15 is 0 Å². The Balaban J connectivity index is 1.84. The van der Waals surface area contributed by atoms with E-state index in [1.165, 1.54) is 28.0 Å². The summed E-state index contributed by atoms with van der Waals surface area (Å²) in [5.41, 5.74) is 0.495. The Morgan fingerprint density at radius 1 is 1.18 bits per heavy atom. The average Bonchev–Trinajstić information content (AvgIpc) is 3.21. The molecule has 0 unspecified atom stereocenters. The molecule has 0 bridgehead atoms. The minimum Gasteiger partial charge on any atom is -0.266 e. The molecular weight excluding hydrogens is 321 g/mol. The lowest BCUT2D eigenvalue weighted by Gasteiger charge is -1.93. The SMILES string of the molecule is O=c1/c(=C/c2cccs2)sc2nc(-c3ccc(F)cc3)nn12. The fourth-order valence-electron chi connectivity index (χ4n) is 2.06. The van der Waals surface area contributed by atoms with Gasteiger partial charge in [0.25, 0.3) is 5.56 Å². The molecule has 0 spiro atoms. The number of thiazole rings is 1. The van der Waals surface area contributed by atoms with Crippen LogP contribution in [0.5, 0.6) is 0 Å². The fourth-order valence-corrected chi connectivity index (χ4v) is 3.69. The van der Waals surface area contributed by atoms with Gasteiger partial charge in [-0.15, -0.1) is 16.4 Å². The van der Waals surface area contributed by atoms with Crippen LogP contribution < -0.4 is 10.1 Å². The third kappa shape index (κ3) is 2.24. The Hall–Kier alpha value is -2.38. The molecule has 0 amide bonds. The molecule has 0 fully saturated rings. The lowest BCUT2D eigenvalue weighted by Crippen LogP contribution is -2.23. The summed E-state index contributed by atoms with van der Waals surface area (Å²) in [6, 6.07) is 9.77. The van der Waals surface area contributed by atoms with Gasteiger partial charge in [0.05, 0.1) is 4.53 Å². The second kappa shape index (κ2) is 5.11. The lowest BCUT2D eigenvalue weighted by molar-refractivity contribution is 0.628. The summed E-state index contributed by atoms with van der Waals surface area (Å²) in [5.74, 6) is 0.105. The molecule has 0 saturated carbocycles. The topological polar surface area (TPSA) is 47.3 Å². The molecule has 108 valence electrons. The molecule has 1 aromatic carbocycles. The van der Waals surface area contributed by atoms with Gasteiger partial charge in [0, 0.05) is 10.4 Å². The number of nitrogens with zero attached hydrogens (tertiary/aromatic N) is 3. The highest BCUT2D eigenvalue weighted by molar-refractivity contribution is 7.15. The van der Waals surface area contributed by atoms with Crippen LogP contribution in [0.3, 0.4) is 0 Å². The van der Waals surface area contributed by atoms with Crippen molar-refractivity contribution < 1.29 is 4.39 Å². The van der Waals surface area contributed by atoms with Crippen LogP contribution in [0.15, 0.2) is 46.6 Å². The van der Waals surface area contributed by atoms with Crippen LogP contribution in [-0.4, -0.2) is 14.6 Å². The van der Waals surface area contributed by atoms with E-state index in [1.807, 2.05) is 23.6 Å². The Labute approximate surface area is 131 Å². The summed E-state index contributed by atoms with van der Waals surface area (Å²) >= 11 is 2.86. The third-order valence-electron chi connectivity index (χ3n) is 3.10. The van der Waals surface area contributed by atoms with Gasteiger partial charge in [-0.2, -0.15) is 9.50 Å². The molecule has 0 N–H and O–H groups in total. The predicted molar refractivity (Wildman–Crippen MR) is 85.6 cm³/mol. The molecule has 7 heteroatoms. The van der Waals surface area contributed by atoms with E-state index in [1.54, 1.807) is 23.5 Å². The largest absolute Gasteiger partial charge is 0.291 e. The zero-order valence-electron chi connectivity index (χ0n) is 11.1. The Bertz CT molecular complexity index is 1050. The normalized spacial score (nSPS) is 12.3. The standard InChI is InChI=1S/C15H8FN3OS2/c16-10-5-3-9(4-6-10)13-17-15-19(18-13)14(20)12(22-15)8-11-2-1-7-21-11/h1-8H/b12-8-. The number of aromatic nitrogens is 3. The maximum atomic E-state index is 12.9. The van der Waals surface area contributed by atoms with E-state index in [0.717, 1.165) is 4.88 Å². The van der Waals surface area contributed by atoms with Crippen LogP contribution in [0.25, 0.3) is 22.4 Å². The Morgan fingerprint density at radius 2 is 2.00 bits per heavy atom. The van der Waals surface area contributed by atoms with E-state index in [0.29, 0.717) is 20.9 Å². The first-order valence-electron chi connectivity index (χ1n) is 6.41. The first-order valence-corrected chi connectivity index (χ1v) is 8.11. The number of thiophene rings is 1. The van der Waals surface area contributed by atoms with Gasteiger partial charge in [0.1, 0.15) is 5.82 Å². The first kappa shape index (κ1) is 13.3. The molecule has 0 radical (unpaired) electrons. The van der Waals surface area contributed by atoms with Crippen molar-refractivity contribution >= 4 is 33.7 Å². The number of benzene rings is 1. The quantitative estimate of drug-likeness (QED) is 0.568. The van der Waals surface area contributed by atoms with Crippen molar-refractivity contribution in [2.45, 2.75) is 0 Å². The van der Waals surface area contributed by atoms with E-state index < -0.39 is 0 Å². The maximum Gasteiger partial charge on any atom is 0.291 e. The van der Waals surface area contributed by atoms with Crippen molar-refractivity contribution in [3.8, 4) is 11.4 Å². The van der Waals surface area contributed by atoms with Crippen LogP contribution in [0.2, 0.25) is 0 Å². The van der Waals surface area contributed by atoms with Crippen LogP contribution in [0, 0.1) is 5.82 Å². The second-order valence-corrected chi connectivity index (χ2v) is 6.56. The smallest absolute Gasteiger partial charge is 0.266 e. The molecule has 4 aromatic rings. The van der Waals surface area contributed by atoms with E-state index in [9.17, 15) is 9.18 Å². The molecule has 0 aliphatic heterocycles. The van der Waals surface area contributed by atoms with Crippen LogP contribution in [0.4, 0.5) is 4.39 Å². The highest BCUT2D eigenvalue weighted by atomic mass is 32.1. The van der Waals surface area contributed by atoms with Crippen molar-refractivity contribution in [2.75, 3.05) is 0 Å².